The SMILES string of the molecule is CC(=O)O[SiH](OC(C)=O)C1CCCCO1. The molecule has 1 heterocycles. The average molecular weight is 232 g/mol. The zero-order valence-electron chi connectivity index (χ0n) is 9.02. The second-order valence-corrected chi connectivity index (χ2v) is 5.44. The molecule has 0 amide bonds. The zero-order valence-corrected chi connectivity index (χ0v) is 10.2. The summed E-state index contributed by atoms with van der Waals surface area (Å²) in [4.78, 5) is 21.7. The van der Waals surface area contributed by atoms with Crippen LogP contribution >= 0.6 is 0 Å². The minimum absolute atomic E-state index is 0.188. The number of ether oxygens (including phenoxy) is 1. The van der Waals surface area contributed by atoms with Gasteiger partial charge < -0.3 is 13.6 Å². The molecule has 6 heteroatoms. The van der Waals surface area contributed by atoms with Crippen LogP contribution in [0, 0.1) is 0 Å². The molecule has 0 bridgehead atoms. The third-order valence-electron chi connectivity index (χ3n) is 2.08. The number of rotatable bonds is 3. The van der Waals surface area contributed by atoms with Crippen molar-refractivity contribution in [2.75, 3.05) is 6.61 Å². The fourth-order valence-corrected chi connectivity index (χ4v) is 3.29. The molecule has 0 aromatic heterocycles. The third-order valence-corrected chi connectivity index (χ3v) is 4.34. The summed E-state index contributed by atoms with van der Waals surface area (Å²) in [5.74, 6) is -0.829. The minimum atomic E-state index is -2.35. The second kappa shape index (κ2) is 5.87. The van der Waals surface area contributed by atoms with Gasteiger partial charge in [-0.15, -0.1) is 0 Å². The van der Waals surface area contributed by atoms with Crippen LogP contribution in [0.1, 0.15) is 33.1 Å². The predicted octanol–water partition coefficient (Wildman–Crippen LogP) is 0.441. The first-order valence-electron chi connectivity index (χ1n) is 5.05. The molecule has 0 aromatic rings. The maximum Gasteiger partial charge on any atom is 0.478 e. The van der Waals surface area contributed by atoms with Crippen molar-refractivity contribution in [3.8, 4) is 0 Å². The summed E-state index contributed by atoms with van der Waals surface area (Å²) in [6, 6.07) is 0. The lowest BCUT2D eigenvalue weighted by Gasteiger charge is -2.27. The smallest absolute Gasteiger partial charge is 0.478 e. The standard InChI is InChI=1S/C9H16O5Si/c1-7(10)13-15(14-8(2)11)9-5-3-4-6-12-9/h9,15H,3-6H2,1-2H3. The minimum Gasteiger partial charge on any atom is -0.486 e. The van der Waals surface area contributed by atoms with Crippen LogP contribution in [0.15, 0.2) is 0 Å². The van der Waals surface area contributed by atoms with Gasteiger partial charge in [-0.05, 0) is 19.3 Å². The average Bonchev–Trinajstić information content (AvgIpc) is 2.17. The summed E-state index contributed by atoms with van der Waals surface area (Å²) in [6.07, 6.45) is 2.84. The number of carbonyl (C=O) groups is 2. The number of carbonyl (C=O) groups excluding carboxylic acids is 2. The Morgan fingerprint density at radius 3 is 2.20 bits per heavy atom. The first kappa shape index (κ1) is 12.2. The van der Waals surface area contributed by atoms with E-state index in [9.17, 15) is 9.59 Å². The Morgan fingerprint density at radius 2 is 1.80 bits per heavy atom. The van der Waals surface area contributed by atoms with Crippen LogP contribution in [-0.2, 0) is 23.2 Å². The molecule has 0 saturated carbocycles. The van der Waals surface area contributed by atoms with Crippen LogP contribution in [0.2, 0.25) is 0 Å². The first-order valence-corrected chi connectivity index (χ1v) is 6.66. The van der Waals surface area contributed by atoms with E-state index in [0.717, 1.165) is 19.3 Å². The van der Waals surface area contributed by atoms with Crippen molar-refractivity contribution < 1.29 is 23.2 Å². The quantitative estimate of drug-likeness (QED) is 0.661. The molecule has 1 saturated heterocycles. The van der Waals surface area contributed by atoms with E-state index < -0.39 is 21.2 Å². The molecule has 86 valence electrons. The Balaban J connectivity index is 2.52. The molecule has 0 N–H and O–H groups in total. The summed E-state index contributed by atoms with van der Waals surface area (Å²) >= 11 is 0. The fourth-order valence-electron chi connectivity index (χ4n) is 1.48. The molecular formula is C9H16O5Si. The topological polar surface area (TPSA) is 61.8 Å². The normalized spacial score (nSPS) is 21.1. The molecule has 15 heavy (non-hydrogen) atoms. The lowest BCUT2D eigenvalue weighted by Crippen LogP contribution is -2.43. The Hall–Kier alpha value is -0.883. The van der Waals surface area contributed by atoms with Gasteiger partial charge in [0.2, 0.25) is 0 Å². The molecule has 1 aliphatic rings. The van der Waals surface area contributed by atoms with Crippen molar-refractivity contribution in [2.24, 2.45) is 0 Å². The van der Waals surface area contributed by atoms with E-state index in [1.807, 2.05) is 0 Å². The lowest BCUT2D eigenvalue weighted by atomic mass is 10.2. The maximum atomic E-state index is 10.8. The Bertz CT molecular complexity index is 221. The molecule has 1 fully saturated rings. The van der Waals surface area contributed by atoms with Gasteiger partial charge >= 0.3 is 9.28 Å². The van der Waals surface area contributed by atoms with E-state index >= 15 is 0 Å². The lowest BCUT2D eigenvalue weighted by molar-refractivity contribution is -0.139. The molecule has 1 aliphatic heterocycles. The highest BCUT2D eigenvalue weighted by atomic mass is 28.3. The molecule has 0 aromatic carbocycles. The summed E-state index contributed by atoms with van der Waals surface area (Å²) < 4.78 is 15.5. The van der Waals surface area contributed by atoms with Crippen molar-refractivity contribution in [1.82, 2.24) is 0 Å². The Morgan fingerprint density at radius 1 is 1.20 bits per heavy atom. The largest absolute Gasteiger partial charge is 0.486 e. The number of hydrogen-bond donors (Lipinski definition) is 0. The van der Waals surface area contributed by atoms with Crippen molar-refractivity contribution >= 4 is 21.2 Å². The van der Waals surface area contributed by atoms with Crippen molar-refractivity contribution in [2.45, 2.75) is 38.8 Å². The molecule has 1 rings (SSSR count). The second-order valence-electron chi connectivity index (χ2n) is 3.49. The van der Waals surface area contributed by atoms with E-state index in [1.54, 1.807) is 0 Å². The van der Waals surface area contributed by atoms with Crippen LogP contribution in [-0.4, -0.2) is 33.6 Å². The summed E-state index contributed by atoms with van der Waals surface area (Å²) in [6.45, 7) is 3.27. The van der Waals surface area contributed by atoms with Gasteiger partial charge in [-0.3, -0.25) is 9.59 Å². The van der Waals surface area contributed by atoms with Crippen LogP contribution in [0.5, 0.6) is 0 Å². The molecular weight excluding hydrogens is 216 g/mol. The van der Waals surface area contributed by atoms with Crippen molar-refractivity contribution in [1.29, 1.82) is 0 Å². The summed E-state index contributed by atoms with van der Waals surface area (Å²) in [5, 5.41) is 0. The molecule has 1 atom stereocenters. The van der Waals surface area contributed by atoms with Gasteiger partial charge in [-0.2, -0.15) is 0 Å². The van der Waals surface area contributed by atoms with E-state index in [2.05, 4.69) is 0 Å². The fraction of sp³-hybridized carbons (Fsp3) is 0.778. The van der Waals surface area contributed by atoms with Gasteiger partial charge in [-0.25, -0.2) is 0 Å². The Labute approximate surface area is 90.5 Å². The van der Waals surface area contributed by atoms with E-state index in [0.29, 0.717) is 6.61 Å². The highest BCUT2D eigenvalue weighted by molar-refractivity contribution is 6.50. The highest BCUT2D eigenvalue weighted by Gasteiger charge is 2.33. The van der Waals surface area contributed by atoms with Gasteiger partial charge in [0.1, 0.15) is 5.73 Å². The summed E-state index contributed by atoms with van der Waals surface area (Å²) in [7, 11) is -2.35. The van der Waals surface area contributed by atoms with Gasteiger partial charge in [0.15, 0.2) is 0 Å². The molecule has 0 spiro atoms. The van der Waals surface area contributed by atoms with Crippen LogP contribution in [0.25, 0.3) is 0 Å². The van der Waals surface area contributed by atoms with Gasteiger partial charge in [-0.1, -0.05) is 0 Å². The van der Waals surface area contributed by atoms with E-state index in [-0.39, 0.29) is 5.73 Å². The molecule has 0 aliphatic carbocycles. The van der Waals surface area contributed by atoms with Crippen LogP contribution in [0.3, 0.4) is 0 Å². The number of hydrogen-bond acceptors (Lipinski definition) is 5. The molecule has 5 nitrogen and oxygen atoms in total. The van der Waals surface area contributed by atoms with Gasteiger partial charge in [0, 0.05) is 20.5 Å². The summed E-state index contributed by atoms with van der Waals surface area (Å²) in [5.41, 5.74) is -0.188. The monoisotopic (exact) mass is 232 g/mol. The Kier molecular flexibility index (Phi) is 4.77. The first-order chi connectivity index (χ1) is 7.09. The highest BCUT2D eigenvalue weighted by Crippen LogP contribution is 2.16. The molecule has 0 radical (unpaired) electrons. The van der Waals surface area contributed by atoms with Crippen molar-refractivity contribution in [3.63, 3.8) is 0 Å². The maximum absolute atomic E-state index is 10.8. The zero-order chi connectivity index (χ0) is 11.3. The van der Waals surface area contributed by atoms with Gasteiger partial charge in [0.25, 0.3) is 11.9 Å². The van der Waals surface area contributed by atoms with E-state index in [4.69, 9.17) is 13.6 Å². The van der Waals surface area contributed by atoms with Gasteiger partial charge in [0.05, 0.1) is 0 Å². The van der Waals surface area contributed by atoms with Crippen molar-refractivity contribution in [3.05, 3.63) is 0 Å². The van der Waals surface area contributed by atoms with Crippen LogP contribution < -0.4 is 0 Å². The predicted molar refractivity (Wildman–Crippen MR) is 54.3 cm³/mol. The molecule has 1 unspecified atom stereocenters. The third kappa shape index (κ3) is 4.44. The van der Waals surface area contributed by atoms with E-state index in [1.165, 1.54) is 13.8 Å². The van der Waals surface area contributed by atoms with Crippen LogP contribution in [0.4, 0.5) is 0 Å².